The summed E-state index contributed by atoms with van der Waals surface area (Å²) in [5.41, 5.74) is 4.28. The van der Waals surface area contributed by atoms with Crippen LogP contribution in [-0.2, 0) is 6.54 Å². The molecule has 0 unspecified atom stereocenters. The average Bonchev–Trinajstić information content (AvgIpc) is 2.94. The van der Waals surface area contributed by atoms with Crippen LogP contribution in [0.15, 0.2) is 27.4 Å². The molecule has 0 spiro atoms. The van der Waals surface area contributed by atoms with Crippen LogP contribution in [0.1, 0.15) is 42.8 Å². The second kappa shape index (κ2) is 9.01. The van der Waals surface area contributed by atoms with Crippen molar-refractivity contribution < 1.29 is 4.74 Å². The number of aromatic nitrogens is 3. The van der Waals surface area contributed by atoms with Crippen molar-refractivity contribution in [2.75, 3.05) is 11.9 Å². The minimum atomic E-state index is 0. The zero-order valence-electron chi connectivity index (χ0n) is 17.6. The van der Waals surface area contributed by atoms with E-state index in [2.05, 4.69) is 30.5 Å². The van der Waals surface area contributed by atoms with Crippen LogP contribution < -0.4 is 20.8 Å². The SMILES string of the molecule is Cc1cc(O[C@H]2CC[C@H](C3=c4[nH]c5c(c4CN=N3)NCC=C(Cl)C=5)CC2)nc(C)n1.Cl. The highest BCUT2D eigenvalue weighted by Gasteiger charge is 2.28. The molecule has 2 N–H and O–H groups in total. The number of nitrogens with zero attached hydrogens (tertiary/aromatic N) is 4. The Kier molecular flexibility index (Phi) is 6.34. The summed E-state index contributed by atoms with van der Waals surface area (Å²) < 4.78 is 6.16. The summed E-state index contributed by atoms with van der Waals surface area (Å²) in [5.74, 6) is 1.79. The fraction of sp³-hybridized carbons (Fsp3) is 0.455. The van der Waals surface area contributed by atoms with Crippen LogP contribution in [-0.4, -0.2) is 27.6 Å². The predicted octanol–water partition coefficient (Wildman–Crippen LogP) is 3.88. The molecule has 2 aromatic heterocycles. The smallest absolute Gasteiger partial charge is 0.217 e. The molecule has 0 aromatic carbocycles. The summed E-state index contributed by atoms with van der Waals surface area (Å²) in [7, 11) is 0. The first-order valence-electron chi connectivity index (χ1n) is 10.5. The number of aryl methyl sites for hydroxylation is 2. The van der Waals surface area contributed by atoms with Crippen LogP contribution in [0.5, 0.6) is 5.88 Å². The number of rotatable bonds is 3. The third-order valence-electron chi connectivity index (χ3n) is 5.94. The Morgan fingerprint density at radius 2 is 1.94 bits per heavy atom. The van der Waals surface area contributed by atoms with E-state index in [-0.39, 0.29) is 18.5 Å². The molecule has 0 radical (unpaired) electrons. The molecule has 2 aromatic rings. The lowest BCUT2D eigenvalue weighted by Crippen LogP contribution is -2.28. The van der Waals surface area contributed by atoms with Gasteiger partial charge in [-0.3, -0.25) is 0 Å². The summed E-state index contributed by atoms with van der Waals surface area (Å²) in [6.45, 7) is 5.16. The van der Waals surface area contributed by atoms with Crippen molar-refractivity contribution in [3.05, 3.63) is 45.0 Å². The molecule has 7 nitrogen and oxygen atoms in total. The fourth-order valence-electron chi connectivity index (χ4n) is 4.58. The van der Waals surface area contributed by atoms with Gasteiger partial charge in [-0.2, -0.15) is 15.2 Å². The maximum absolute atomic E-state index is 6.27. The lowest BCUT2D eigenvalue weighted by molar-refractivity contribution is 0.136. The Morgan fingerprint density at radius 1 is 1.13 bits per heavy atom. The van der Waals surface area contributed by atoms with E-state index in [1.807, 2.05) is 32.1 Å². The molecule has 0 amide bonds. The van der Waals surface area contributed by atoms with Crippen LogP contribution in [0.4, 0.5) is 5.69 Å². The lowest BCUT2D eigenvalue weighted by atomic mass is 9.84. The number of ether oxygens (including phenoxy) is 1. The number of hydrogen-bond acceptors (Lipinski definition) is 6. The Balaban J connectivity index is 0.00000231. The molecule has 5 rings (SSSR count). The number of halogens is 2. The van der Waals surface area contributed by atoms with Crippen molar-refractivity contribution in [2.45, 2.75) is 52.2 Å². The van der Waals surface area contributed by atoms with E-state index < -0.39 is 0 Å². The van der Waals surface area contributed by atoms with Gasteiger partial charge in [0.15, 0.2) is 0 Å². The third kappa shape index (κ3) is 4.48. The van der Waals surface area contributed by atoms with Gasteiger partial charge in [-0.05, 0) is 51.7 Å². The zero-order chi connectivity index (χ0) is 20.7. The van der Waals surface area contributed by atoms with E-state index in [1.165, 1.54) is 5.56 Å². The van der Waals surface area contributed by atoms with Gasteiger partial charge in [-0.15, -0.1) is 12.4 Å². The monoisotopic (exact) mass is 460 g/mol. The molecule has 164 valence electrons. The van der Waals surface area contributed by atoms with Crippen LogP contribution in [0.3, 0.4) is 0 Å². The number of nitrogens with one attached hydrogen (secondary N) is 2. The van der Waals surface area contributed by atoms with Crippen molar-refractivity contribution in [2.24, 2.45) is 16.1 Å². The summed E-state index contributed by atoms with van der Waals surface area (Å²) in [4.78, 5) is 12.3. The molecule has 0 saturated heterocycles. The highest BCUT2D eigenvalue weighted by molar-refractivity contribution is 6.34. The Labute approximate surface area is 192 Å². The Hall–Kier alpha value is -2.38. The largest absolute Gasteiger partial charge is 0.474 e. The highest BCUT2D eigenvalue weighted by atomic mass is 35.5. The Bertz CT molecular complexity index is 1140. The van der Waals surface area contributed by atoms with Gasteiger partial charge in [0.1, 0.15) is 11.9 Å². The normalized spacial score (nSPS) is 22.2. The molecule has 4 heterocycles. The van der Waals surface area contributed by atoms with Crippen molar-refractivity contribution in [3.8, 4) is 5.88 Å². The quantitative estimate of drug-likeness (QED) is 0.726. The first kappa shape index (κ1) is 21.8. The standard InChI is InChI=1S/C22H25ClN6O.ClH/c1-12-9-19(27-13(2)26-12)30-16-5-3-14(4-6-16)20-22-17(11-25-29-20)21-18(28-22)10-15(23)7-8-24-21;/h7,9-10,14,16,24,28H,3-6,8,11H2,1-2H3;1H/t14-,16-;. The second-order valence-electron chi connectivity index (χ2n) is 8.15. The van der Waals surface area contributed by atoms with Gasteiger partial charge >= 0.3 is 0 Å². The summed E-state index contributed by atoms with van der Waals surface area (Å²) in [5, 5.41) is 15.3. The molecule has 2 aliphatic heterocycles. The number of allylic oxidation sites excluding steroid dienone is 1. The number of aromatic amines is 1. The maximum atomic E-state index is 6.27. The number of hydrogen-bond donors (Lipinski definition) is 2. The minimum absolute atomic E-state index is 0. The van der Waals surface area contributed by atoms with E-state index in [1.54, 1.807) is 0 Å². The summed E-state index contributed by atoms with van der Waals surface area (Å²) in [6.07, 6.45) is 8.10. The molecule has 0 atom stereocenters. The first-order valence-corrected chi connectivity index (χ1v) is 10.9. The number of H-pyrrole nitrogens is 1. The molecule has 3 aliphatic rings. The molecular weight excluding hydrogens is 435 g/mol. The summed E-state index contributed by atoms with van der Waals surface area (Å²) in [6, 6.07) is 1.91. The van der Waals surface area contributed by atoms with E-state index >= 15 is 0 Å². The molecule has 1 aliphatic carbocycles. The van der Waals surface area contributed by atoms with Crippen molar-refractivity contribution in [1.29, 1.82) is 0 Å². The van der Waals surface area contributed by atoms with Gasteiger partial charge in [0.25, 0.3) is 0 Å². The fourth-order valence-corrected chi connectivity index (χ4v) is 4.77. The van der Waals surface area contributed by atoms with E-state index in [9.17, 15) is 0 Å². The third-order valence-corrected chi connectivity index (χ3v) is 6.21. The van der Waals surface area contributed by atoms with Gasteiger partial charge in [-0.25, -0.2) is 4.98 Å². The second-order valence-corrected chi connectivity index (χ2v) is 8.59. The zero-order valence-corrected chi connectivity index (χ0v) is 19.2. The molecule has 0 bridgehead atoms. The average molecular weight is 461 g/mol. The van der Waals surface area contributed by atoms with Crippen molar-refractivity contribution in [1.82, 2.24) is 15.0 Å². The first-order chi connectivity index (χ1) is 14.6. The van der Waals surface area contributed by atoms with Crippen LogP contribution in [0, 0.1) is 19.8 Å². The molecule has 1 saturated carbocycles. The maximum Gasteiger partial charge on any atom is 0.217 e. The van der Waals surface area contributed by atoms with Crippen LogP contribution in [0.2, 0.25) is 0 Å². The lowest BCUT2D eigenvalue weighted by Gasteiger charge is -2.29. The highest BCUT2D eigenvalue weighted by Crippen LogP contribution is 2.34. The topological polar surface area (TPSA) is 87.5 Å². The van der Waals surface area contributed by atoms with E-state index in [4.69, 9.17) is 16.3 Å². The number of azo groups is 1. The molecular formula is C22H26Cl2N6O. The number of anilines is 1. The van der Waals surface area contributed by atoms with Crippen molar-refractivity contribution >= 4 is 41.5 Å². The molecule has 31 heavy (non-hydrogen) atoms. The van der Waals surface area contributed by atoms with E-state index in [0.29, 0.717) is 24.9 Å². The summed E-state index contributed by atoms with van der Waals surface area (Å²) >= 11 is 6.27. The van der Waals surface area contributed by atoms with Crippen LogP contribution in [0.25, 0.3) is 11.8 Å². The van der Waals surface area contributed by atoms with Crippen molar-refractivity contribution in [3.63, 3.8) is 0 Å². The predicted molar refractivity (Wildman–Crippen MR) is 124 cm³/mol. The van der Waals surface area contributed by atoms with Crippen LogP contribution >= 0.6 is 24.0 Å². The minimum Gasteiger partial charge on any atom is -0.474 e. The molecule has 9 heteroatoms. The van der Waals surface area contributed by atoms with Gasteiger partial charge in [0, 0.05) is 34.8 Å². The van der Waals surface area contributed by atoms with Gasteiger partial charge < -0.3 is 15.0 Å². The molecule has 1 fully saturated rings. The van der Waals surface area contributed by atoms with Gasteiger partial charge in [0.05, 0.1) is 28.6 Å². The van der Waals surface area contributed by atoms with Gasteiger partial charge in [-0.1, -0.05) is 11.6 Å². The Morgan fingerprint density at radius 3 is 2.71 bits per heavy atom. The number of fused-ring (bicyclic) bond motifs is 3. The van der Waals surface area contributed by atoms with Gasteiger partial charge in [0.2, 0.25) is 5.88 Å². The van der Waals surface area contributed by atoms with E-state index in [0.717, 1.165) is 64.3 Å².